The number of aliphatic carboxylic acids is 1. The van der Waals surface area contributed by atoms with Gasteiger partial charge >= 0.3 is 5.97 Å². The second-order valence-electron chi connectivity index (χ2n) is 4.32. The predicted molar refractivity (Wildman–Crippen MR) is 61.3 cm³/mol. The van der Waals surface area contributed by atoms with Crippen LogP contribution in [0.4, 0.5) is 4.39 Å². The maximum atomic E-state index is 13.2. The summed E-state index contributed by atoms with van der Waals surface area (Å²) in [5, 5.41) is 9.02. The summed E-state index contributed by atoms with van der Waals surface area (Å²) in [7, 11) is 0. The molecular formula is C13H13FO3. The highest BCUT2D eigenvalue weighted by Crippen LogP contribution is 2.42. The molecule has 0 aromatic heterocycles. The summed E-state index contributed by atoms with van der Waals surface area (Å²) in [5.74, 6) is -1.21. The Hall–Kier alpha value is -1.84. The Bertz CT molecular complexity index is 489. The summed E-state index contributed by atoms with van der Waals surface area (Å²) in [5.41, 5.74) is 0.179. The largest absolute Gasteiger partial charge is 0.478 e. The standard InChI is InChI=1S/C13H13FO3/c1-8(2)10-4-3-9(14)7-11(10)17-13(5-6-13)12(15)16/h3-4,7H,1,5-6H2,2H3,(H,15,16). The molecule has 0 radical (unpaired) electrons. The van der Waals surface area contributed by atoms with Gasteiger partial charge in [-0.05, 0) is 24.6 Å². The Morgan fingerprint density at radius 3 is 2.65 bits per heavy atom. The van der Waals surface area contributed by atoms with E-state index in [0.29, 0.717) is 24.0 Å². The van der Waals surface area contributed by atoms with Gasteiger partial charge < -0.3 is 9.84 Å². The SMILES string of the molecule is C=C(C)c1ccc(F)cc1OC1(C(=O)O)CC1. The van der Waals surface area contributed by atoms with Crippen LogP contribution in [0.1, 0.15) is 25.3 Å². The Balaban J connectivity index is 2.35. The lowest BCUT2D eigenvalue weighted by Crippen LogP contribution is -2.29. The number of carbonyl (C=O) groups is 1. The van der Waals surface area contributed by atoms with Crippen molar-refractivity contribution in [1.82, 2.24) is 0 Å². The van der Waals surface area contributed by atoms with Gasteiger partial charge in [-0.25, -0.2) is 9.18 Å². The zero-order valence-corrected chi connectivity index (χ0v) is 9.50. The molecule has 0 bridgehead atoms. The van der Waals surface area contributed by atoms with Crippen LogP contribution >= 0.6 is 0 Å². The smallest absolute Gasteiger partial charge is 0.348 e. The third kappa shape index (κ3) is 2.16. The molecule has 1 saturated carbocycles. The van der Waals surface area contributed by atoms with Gasteiger partial charge in [0.25, 0.3) is 0 Å². The van der Waals surface area contributed by atoms with Crippen LogP contribution in [0.5, 0.6) is 5.75 Å². The minimum absolute atomic E-state index is 0.248. The van der Waals surface area contributed by atoms with E-state index >= 15 is 0 Å². The third-order valence-electron chi connectivity index (χ3n) is 2.80. The number of carboxylic acids is 1. The minimum Gasteiger partial charge on any atom is -0.478 e. The van der Waals surface area contributed by atoms with E-state index in [4.69, 9.17) is 9.84 Å². The van der Waals surface area contributed by atoms with Gasteiger partial charge in [0.1, 0.15) is 11.6 Å². The quantitative estimate of drug-likeness (QED) is 0.874. The highest BCUT2D eigenvalue weighted by Gasteiger charge is 2.53. The van der Waals surface area contributed by atoms with Crippen LogP contribution in [0, 0.1) is 5.82 Å². The lowest BCUT2D eigenvalue weighted by atomic mass is 10.1. The number of hydrogen-bond acceptors (Lipinski definition) is 2. The zero-order valence-electron chi connectivity index (χ0n) is 9.50. The van der Waals surface area contributed by atoms with Crippen molar-refractivity contribution in [1.29, 1.82) is 0 Å². The Kier molecular flexibility index (Phi) is 2.65. The molecule has 1 aromatic rings. The second-order valence-corrected chi connectivity index (χ2v) is 4.32. The highest BCUT2D eigenvalue weighted by atomic mass is 19.1. The topological polar surface area (TPSA) is 46.5 Å². The maximum absolute atomic E-state index is 13.2. The predicted octanol–water partition coefficient (Wildman–Crippen LogP) is 2.85. The summed E-state index contributed by atoms with van der Waals surface area (Å²) in [6, 6.07) is 4.05. The van der Waals surface area contributed by atoms with Gasteiger partial charge in [0.05, 0.1) is 0 Å². The first kappa shape index (κ1) is 11.6. The van der Waals surface area contributed by atoms with E-state index in [1.807, 2.05) is 0 Å². The average molecular weight is 236 g/mol. The second kappa shape index (κ2) is 3.87. The monoisotopic (exact) mass is 236 g/mol. The number of halogens is 1. The number of ether oxygens (including phenoxy) is 1. The molecule has 0 heterocycles. The van der Waals surface area contributed by atoms with Crippen molar-refractivity contribution in [3.8, 4) is 5.75 Å². The van der Waals surface area contributed by atoms with Crippen LogP contribution in [0.3, 0.4) is 0 Å². The molecule has 1 aliphatic rings. The van der Waals surface area contributed by atoms with E-state index < -0.39 is 17.4 Å². The van der Waals surface area contributed by atoms with Crippen LogP contribution in [-0.2, 0) is 4.79 Å². The summed E-state index contributed by atoms with van der Waals surface area (Å²) >= 11 is 0. The fourth-order valence-electron chi connectivity index (χ4n) is 1.62. The first-order valence-corrected chi connectivity index (χ1v) is 5.32. The minimum atomic E-state index is -1.17. The summed E-state index contributed by atoms with van der Waals surface area (Å²) in [6.45, 7) is 5.53. The van der Waals surface area contributed by atoms with E-state index in [1.54, 1.807) is 13.0 Å². The van der Waals surface area contributed by atoms with Crippen LogP contribution in [-0.4, -0.2) is 16.7 Å². The number of benzene rings is 1. The van der Waals surface area contributed by atoms with Crippen molar-refractivity contribution in [2.24, 2.45) is 0 Å². The molecule has 1 fully saturated rings. The van der Waals surface area contributed by atoms with Gasteiger partial charge in [0, 0.05) is 24.5 Å². The van der Waals surface area contributed by atoms with Gasteiger partial charge in [-0.2, -0.15) is 0 Å². The van der Waals surface area contributed by atoms with Crippen LogP contribution in [0.25, 0.3) is 5.57 Å². The van der Waals surface area contributed by atoms with Gasteiger partial charge in [0.15, 0.2) is 0 Å². The molecule has 1 aliphatic carbocycles. The summed E-state index contributed by atoms with van der Waals surface area (Å²) in [4.78, 5) is 11.0. The van der Waals surface area contributed by atoms with Crippen molar-refractivity contribution in [2.45, 2.75) is 25.4 Å². The fourth-order valence-corrected chi connectivity index (χ4v) is 1.62. The van der Waals surface area contributed by atoms with Gasteiger partial charge in [-0.3, -0.25) is 0 Å². The van der Waals surface area contributed by atoms with Gasteiger partial charge in [-0.15, -0.1) is 0 Å². The molecule has 3 nitrogen and oxygen atoms in total. The van der Waals surface area contributed by atoms with Gasteiger partial charge in [-0.1, -0.05) is 6.58 Å². The molecule has 90 valence electrons. The molecule has 1 aromatic carbocycles. The normalized spacial score (nSPS) is 16.4. The molecule has 2 rings (SSSR count). The van der Waals surface area contributed by atoms with E-state index in [2.05, 4.69) is 6.58 Å². The van der Waals surface area contributed by atoms with E-state index in [9.17, 15) is 9.18 Å². The zero-order chi connectivity index (χ0) is 12.6. The first-order valence-electron chi connectivity index (χ1n) is 5.32. The van der Waals surface area contributed by atoms with Crippen molar-refractivity contribution in [2.75, 3.05) is 0 Å². The molecule has 0 saturated heterocycles. The van der Waals surface area contributed by atoms with Crippen LogP contribution in [0.15, 0.2) is 24.8 Å². The van der Waals surface area contributed by atoms with Crippen molar-refractivity contribution < 1.29 is 19.0 Å². The number of rotatable bonds is 4. The molecule has 17 heavy (non-hydrogen) atoms. The summed E-state index contributed by atoms with van der Waals surface area (Å²) in [6.07, 6.45) is 0.906. The van der Waals surface area contributed by atoms with Crippen LogP contribution in [0.2, 0.25) is 0 Å². The Labute approximate surface area is 98.5 Å². The molecular weight excluding hydrogens is 223 g/mol. The van der Waals surface area contributed by atoms with Crippen molar-refractivity contribution in [3.05, 3.63) is 36.2 Å². The number of hydrogen-bond donors (Lipinski definition) is 1. The van der Waals surface area contributed by atoms with E-state index in [0.717, 1.165) is 0 Å². The molecule has 4 heteroatoms. The average Bonchev–Trinajstić information content (AvgIpc) is 2.98. The van der Waals surface area contributed by atoms with E-state index in [1.165, 1.54) is 12.1 Å². The lowest BCUT2D eigenvalue weighted by Gasteiger charge is -2.16. The fraction of sp³-hybridized carbons (Fsp3) is 0.308. The molecule has 0 unspecified atom stereocenters. The van der Waals surface area contributed by atoms with Crippen molar-refractivity contribution in [3.63, 3.8) is 0 Å². The number of allylic oxidation sites excluding steroid dienone is 1. The van der Waals surface area contributed by atoms with Gasteiger partial charge in [0.2, 0.25) is 5.60 Å². The molecule has 0 atom stereocenters. The van der Waals surface area contributed by atoms with Crippen LogP contribution < -0.4 is 4.74 Å². The maximum Gasteiger partial charge on any atom is 0.348 e. The Morgan fingerprint density at radius 1 is 1.53 bits per heavy atom. The first-order chi connectivity index (χ1) is 7.94. The third-order valence-corrected chi connectivity index (χ3v) is 2.80. The number of carboxylic acid groups (broad SMARTS) is 1. The highest BCUT2D eigenvalue weighted by molar-refractivity contribution is 5.81. The summed E-state index contributed by atoms with van der Waals surface area (Å²) < 4.78 is 18.6. The molecule has 0 aliphatic heterocycles. The lowest BCUT2D eigenvalue weighted by molar-refractivity contribution is -0.147. The molecule has 0 amide bonds. The Morgan fingerprint density at radius 2 is 2.18 bits per heavy atom. The molecule has 1 N–H and O–H groups in total. The van der Waals surface area contributed by atoms with Crippen molar-refractivity contribution >= 4 is 11.5 Å². The van der Waals surface area contributed by atoms with E-state index in [-0.39, 0.29) is 5.75 Å². The molecule has 0 spiro atoms.